The van der Waals surface area contributed by atoms with Crippen LogP contribution in [0.3, 0.4) is 0 Å². The molecule has 1 unspecified atom stereocenters. The maximum absolute atomic E-state index is 12.8. The van der Waals surface area contributed by atoms with Gasteiger partial charge in [0.15, 0.2) is 5.82 Å². The van der Waals surface area contributed by atoms with Crippen molar-refractivity contribution in [1.29, 1.82) is 0 Å². The molecule has 4 rings (SSSR count). The number of amides is 2. The van der Waals surface area contributed by atoms with Gasteiger partial charge in [0.05, 0.1) is 12.2 Å². The lowest BCUT2D eigenvalue weighted by molar-refractivity contribution is -0.131. The quantitative estimate of drug-likeness (QED) is 0.489. The summed E-state index contributed by atoms with van der Waals surface area (Å²) in [6.07, 6.45) is 2.48. The van der Waals surface area contributed by atoms with Crippen molar-refractivity contribution < 1.29 is 9.59 Å². The molecule has 0 saturated carbocycles. The predicted octanol–water partition coefficient (Wildman–Crippen LogP) is 3.46. The summed E-state index contributed by atoms with van der Waals surface area (Å²) in [6.45, 7) is 10.1. The van der Waals surface area contributed by atoms with Gasteiger partial charge in [0.25, 0.3) is 5.91 Å². The number of benzene rings is 1. The number of hydrogen-bond acceptors (Lipinski definition) is 5. The fourth-order valence-corrected chi connectivity index (χ4v) is 4.24. The van der Waals surface area contributed by atoms with Crippen molar-refractivity contribution >= 4 is 23.3 Å². The third kappa shape index (κ3) is 4.10. The lowest BCUT2D eigenvalue weighted by atomic mass is 9.99. The summed E-state index contributed by atoms with van der Waals surface area (Å²) >= 11 is 0. The topological polar surface area (TPSA) is 119 Å². The summed E-state index contributed by atoms with van der Waals surface area (Å²) in [5.41, 5.74) is 5.99. The van der Waals surface area contributed by atoms with Crippen LogP contribution in [0.15, 0.2) is 24.4 Å². The summed E-state index contributed by atoms with van der Waals surface area (Å²) in [4.78, 5) is 26.7. The van der Waals surface area contributed by atoms with Gasteiger partial charge in [-0.25, -0.2) is 0 Å². The molecule has 4 N–H and O–H groups in total. The summed E-state index contributed by atoms with van der Waals surface area (Å²) in [5, 5.41) is 21.0. The molecule has 32 heavy (non-hydrogen) atoms. The number of hydrogen-bond donors (Lipinski definition) is 4. The van der Waals surface area contributed by atoms with Gasteiger partial charge in [-0.15, -0.1) is 0 Å². The average Bonchev–Trinajstić information content (AvgIpc) is 3.34. The van der Waals surface area contributed by atoms with Crippen molar-refractivity contribution in [3.63, 3.8) is 0 Å². The van der Waals surface area contributed by atoms with Crippen LogP contribution in [0.4, 0.5) is 11.5 Å². The van der Waals surface area contributed by atoms with Crippen molar-refractivity contribution in [2.75, 3.05) is 11.9 Å². The van der Waals surface area contributed by atoms with Gasteiger partial charge < -0.3 is 15.5 Å². The largest absolute Gasteiger partial charge is 0.350 e. The summed E-state index contributed by atoms with van der Waals surface area (Å²) in [5.74, 6) is 0.557. The molecule has 3 aromatic rings. The molecule has 0 fully saturated rings. The molecular formula is C23H29N7O2. The number of aromatic amines is 2. The first-order chi connectivity index (χ1) is 15.2. The van der Waals surface area contributed by atoms with E-state index in [2.05, 4.69) is 31.0 Å². The number of fused-ring (bicyclic) bond motifs is 1. The first-order valence-corrected chi connectivity index (χ1v) is 10.8. The minimum atomic E-state index is -0.147. The van der Waals surface area contributed by atoms with E-state index in [1.165, 1.54) is 0 Å². The van der Waals surface area contributed by atoms with E-state index in [1.807, 2.05) is 50.8 Å². The highest BCUT2D eigenvalue weighted by atomic mass is 16.2. The molecule has 0 aliphatic carbocycles. The van der Waals surface area contributed by atoms with Crippen molar-refractivity contribution in [2.24, 2.45) is 0 Å². The van der Waals surface area contributed by atoms with Crippen LogP contribution in [0.1, 0.15) is 61.0 Å². The highest BCUT2D eigenvalue weighted by Crippen LogP contribution is 2.36. The molecule has 0 saturated heterocycles. The Morgan fingerprint density at radius 1 is 1.22 bits per heavy atom. The second-order valence-electron chi connectivity index (χ2n) is 8.56. The van der Waals surface area contributed by atoms with Crippen LogP contribution in [-0.4, -0.2) is 49.7 Å². The molecular weight excluding hydrogens is 406 g/mol. The monoisotopic (exact) mass is 435 g/mol. The van der Waals surface area contributed by atoms with Crippen molar-refractivity contribution in [2.45, 2.75) is 53.1 Å². The molecule has 2 amide bonds. The Morgan fingerprint density at radius 2 is 2.00 bits per heavy atom. The number of rotatable bonds is 5. The third-order valence-electron chi connectivity index (χ3n) is 5.79. The Labute approximate surface area is 187 Å². The zero-order valence-electron chi connectivity index (χ0n) is 19.0. The molecule has 1 aliphatic rings. The van der Waals surface area contributed by atoms with Crippen LogP contribution in [0.2, 0.25) is 0 Å². The van der Waals surface area contributed by atoms with E-state index in [9.17, 15) is 9.59 Å². The zero-order chi connectivity index (χ0) is 23.0. The van der Waals surface area contributed by atoms with Crippen LogP contribution in [-0.2, 0) is 11.2 Å². The SMILES string of the molecule is CC(=O)N1CCc2[nH]nc(Nc3cc(C(=O)NC(C)C)cc(-c4cn[nH]c4C)c3)c2C1C. The Balaban J connectivity index is 1.73. The minimum Gasteiger partial charge on any atom is -0.350 e. The maximum Gasteiger partial charge on any atom is 0.251 e. The van der Waals surface area contributed by atoms with Crippen LogP contribution >= 0.6 is 0 Å². The lowest BCUT2D eigenvalue weighted by Gasteiger charge is -2.32. The first-order valence-electron chi connectivity index (χ1n) is 10.8. The summed E-state index contributed by atoms with van der Waals surface area (Å²) in [7, 11) is 0. The van der Waals surface area contributed by atoms with Gasteiger partial charge in [-0.05, 0) is 51.5 Å². The van der Waals surface area contributed by atoms with Gasteiger partial charge in [-0.3, -0.25) is 19.8 Å². The van der Waals surface area contributed by atoms with Crippen LogP contribution in [0.5, 0.6) is 0 Å². The van der Waals surface area contributed by atoms with E-state index in [0.29, 0.717) is 17.9 Å². The van der Waals surface area contributed by atoms with E-state index in [1.54, 1.807) is 13.1 Å². The molecule has 1 aliphatic heterocycles. The number of H-pyrrole nitrogens is 2. The second kappa shape index (κ2) is 8.49. The fourth-order valence-electron chi connectivity index (χ4n) is 4.24. The Kier molecular flexibility index (Phi) is 5.73. The number of anilines is 2. The van der Waals surface area contributed by atoms with Crippen molar-refractivity contribution in [1.82, 2.24) is 30.6 Å². The van der Waals surface area contributed by atoms with Crippen LogP contribution in [0.25, 0.3) is 11.1 Å². The minimum absolute atomic E-state index is 0.0231. The van der Waals surface area contributed by atoms with E-state index < -0.39 is 0 Å². The average molecular weight is 436 g/mol. The lowest BCUT2D eigenvalue weighted by Crippen LogP contribution is -2.37. The molecule has 0 radical (unpaired) electrons. The zero-order valence-corrected chi connectivity index (χ0v) is 19.0. The van der Waals surface area contributed by atoms with Crippen molar-refractivity contribution in [3.05, 3.63) is 46.9 Å². The molecule has 9 heteroatoms. The number of aryl methyl sites for hydroxylation is 1. The van der Waals surface area contributed by atoms with Gasteiger partial charge in [-0.1, -0.05) is 0 Å². The number of nitrogens with zero attached hydrogens (tertiary/aromatic N) is 3. The maximum atomic E-state index is 12.8. The fraction of sp³-hybridized carbons (Fsp3) is 0.391. The number of aromatic nitrogens is 4. The molecule has 1 atom stereocenters. The first kappa shape index (κ1) is 21.6. The molecule has 9 nitrogen and oxygen atoms in total. The Bertz CT molecular complexity index is 1160. The predicted molar refractivity (Wildman–Crippen MR) is 123 cm³/mol. The molecule has 1 aromatic carbocycles. The Hall–Kier alpha value is -3.62. The second-order valence-corrected chi connectivity index (χ2v) is 8.56. The molecule has 2 aromatic heterocycles. The highest BCUT2D eigenvalue weighted by molar-refractivity contribution is 5.97. The third-order valence-corrected chi connectivity index (χ3v) is 5.79. The molecule has 0 spiro atoms. The smallest absolute Gasteiger partial charge is 0.251 e. The molecule has 168 valence electrons. The Morgan fingerprint density at radius 3 is 2.66 bits per heavy atom. The summed E-state index contributed by atoms with van der Waals surface area (Å²) < 4.78 is 0. The normalized spacial score (nSPS) is 15.6. The van der Waals surface area contributed by atoms with Gasteiger partial charge >= 0.3 is 0 Å². The van der Waals surface area contributed by atoms with E-state index in [0.717, 1.165) is 40.2 Å². The number of nitrogens with one attached hydrogen (secondary N) is 4. The van der Waals surface area contributed by atoms with Gasteiger partial charge in [0.1, 0.15) is 0 Å². The number of carbonyl (C=O) groups excluding carboxylic acids is 2. The van der Waals surface area contributed by atoms with E-state index in [-0.39, 0.29) is 23.9 Å². The van der Waals surface area contributed by atoms with Crippen LogP contribution < -0.4 is 10.6 Å². The molecule has 0 bridgehead atoms. The van der Waals surface area contributed by atoms with E-state index >= 15 is 0 Å². The molecule has 3 heterocycles. The van der Waals surface area contributed by atoms with Crippen LogP contribution in [0, 0.1) is 6.92 Å². The van der Waals surface area contributed by atoms with Crippen molar-refractivity contribution in [3.8, 4) is 11.1 Å². The highest BCUT2D eigenvalue weighted by Gasteiger charge is 2.30. The van der Waals surface area contributed by atoms with Gasteiger partial charge in [0, 0.05) is 59.7 Å². The standard InChI is InChI=1S/C23H29N7O2/c1-12(2)25-23(32)17-8-16(19-11-24-27-13(19)3)9-18(10-17)26-22-21-14(4)30(15(5)31)7-6-20(21)28-29-22/h8-12,14H,6-7H2,1-5H3,(H,24,27)(H,25,32)(H2,26,28,29). The summed E-state index contributed by atoms with van der Waals surface area (Å²) in [6, 6.07) is 5.58. The van der Waals surface area contributed by atoms with Gasteiger partial charge in [0.2, 0.25) is 5.91 Å². The number of carbonyl (C=O) groups is 2. The van der Waals surface area contributed by atoms with Gasteiger partial charge in [-0.2, -0.15) is 10.2 Å². The van der Waals surface area contributed by atoms with E-state index in [4.69, 9.17) is 0 Å².